The van der Waals surface area contributed by atoms with Gasteiger partial charge in [-0.3, -0.25) is 9.59 Å². The number of hydrogen-bond acceptors (Lipinski definition) is 6. The number of hydrogen-bond donors (Lipinski definition) is 2. The van der Waals surface area contributed by atoms with Gasteiger partial charge in [0, 0.05) is 22.8 Å². The van der Waals surface area contributed by atoms with Crippen LogP contribution in [-0.2, 0) is 4.79 Å². The van der Waals surface area contributed by atoms with E-state index in [2.05, 4.69) is 20.7 Å². The zero-order valence-corrected chi connectivity index (χ0v) is 21.0. The van der Waals surface area contributed by atoms with Crippen molar-refractivity contribution in [2.75, 3.05) is 10.6 Å². The maximum atomic E-state index is 12.3. The summed E-state index contributed by atoms with van der Waals surface area (Å²) in [6, 6.07) is 20.0. The van der Waals surface area contributed by atoms with Crippen LogP contribution < -0.4 is 15.4 Å². The third-order valence-electron chi connectivity index (χ3n) is 4.87. The fourth-order valence-electron chi connectivity index (χ4n) is 3.20. The van der Waals surface area contributed by atoms with E-state index in [-0.39, 0.29) is 5.91 Å². The third-order valence-corrected chi connectivity index (χ3v) is 6.12. The normalized spacial score (nSPS) is 10.3. The quantitative estimate of drug-likeness (QED) is 0.254. The van der Waals surface area contributed by atoms with Crippen LogP contribution in [0.5, 0.6) is 11.6 Å². The van der Waals surface area contributed by atoms with Gasteiger partial charge in [0.15, 0.2) is 11.5 Å². The highest BCUT2D eigenvalue weighted by molar-refractivity contribution is 7.12. The first-order valence-electron chi connectivity index (χ1n) is 10.8. The molecule has 5 aromatic rings. The molecule has 0 bridgehead atoms. The summed E-state index contributed by atoms with van der Waals surface area (Å²) in [7, 11) is 0. The standard InChI is InChI=1S/C19H15N5O3S.C7H7Cl/c1-12-7-8-28-18(12)19(26)22-15-10-24-16(21-15)5-6-17(23-24)27-14-4-2-3-13(9-14)20-11-25;1-6-3-2-4-7(8)5-6/h2-11H,1H3,(H,20,25)(H,22,26);2-5H,1H3. The van der Waals surface area contributed by atoms with Gasteiger partial charge in [0.05, 0.1) is 11.1 Å². The molecule has 0 aliphatic heterocycles. The fraction of sp³-hybridized carbons (Fsp3) is 0.0769. The number of aromatic nitrogens is 3. The Kier molecular flexibility index (Phi) is 7.94. The van der Waals surface area contributed by atoms with Crippen LogP contribution in [0.3, 0.4) is 0 Å². The molecule has 10 heteroatoms. The van der Waals surface area contributed by atoms with Gasteiger partial charge < -0.3 is 15.4 Å². The molecule has 182 valence electrons. The summed E-state index contributed by atoms with van der Waals surface area (Å²) in [4.78, 5) is 27.9. The minimum atomic E-state index is -0.202. The van der Waals surface area contributed by atoms with Crippen molar-refractivity contribution in [3.8, 4) is 11.6 Å². The highest BCUT2D eigenvalue weighted by atomic mass is 35.5. The van der Waals surface area contributed by atoms with Crippen LogP contribution in [0.25, 0.3) is 5.65 Å². The van der Waals surface area contributed by atoms with Gasteiger partial charge in [0.2, 0.25) is 12.3 Å². The molecule has 3 aromatic heterocycles. The molecule has 0 spiro atoms. The minimum absolute atomic E-state index is 0.202. The van der Waals surface area contributed by atoms with E-state index in [1.807, 2.05) is 49.6 Å². The Labute approximate surface area is 216 Å². The van der Waals surface area contributed by atoms with Gasteiger partial charge >= 0.3 is 0 Å². The predicted octanol–water partition coefficient (Wildman–Crippen LogP) is 6.36. The molecule has 0 aliphatic rings. The minimum Gasteiger partial charge on any atom is -0.438 e. The van der Waals surface area contributed by atoms with E-state index >= 15 is 0 Å². The number of imidazole rings is 1. The monoisotopic (exact) mass is 519 g/mol. The summed E-state index contributed by atoms with van der Waals surface area (Å²) in [6.45, 7) is 3.91. The summed E-state index contributed by atoms with van der Waals surface area (Å²) in [6.07, 6.45) is 2.22. The van der Waals surface area contributed by atoms with Crippen molar-refractivity contribution in [2.24, 2.45) is 0 Å². The first-order chi connectivity index (χ1) is 17.4. The predicted molar refractivity (Wildman–Crippen MR) is 142 cm³/mol. The number of aryl methyl sites for hydroxylation is 2. The second-order valence-corrected chi connectivity index (χ2v) is 9.03. The third kappa shape index (κ3) is 6.47. The number of nitrogens with one attached hydrogen (secondary N) is 2. The second kappa shape index (κ2) is 11.5. The summed E-state index contributed by atoms with van der Waals surface area (Å²) in [5, 5.41) is 12.4. The lowest BCUT2D eigenvalue weighted by Crippen LogP contribution is -2.11. The molecule has 0 fully saturated rings. The van der Waals surface area contributed by atoms with E-state index in [9.17, 15) is 9.59 Å². The van der Waals surface area contributed by atoms with Crippen LogP contribution in [-0.4, -0.2) is 26.9 Å². The lowest BCUT2D eigenvalue weighted by atomic mass is 10.2. The summed E-state index contributed by atoms with van der Waals surface area (Å²) in [5.74, 6) is 1.08. The van der Waals surface area contributed by atoms with Gasteiger partial charge in [-0.1, -0.05) is 29.8 Å². The number of nitrogens with zero attached hydrogens (tertiary/aromatic N) is 3. The number of halogens is 1. The van der Waals surface area contributed by atoms with Crippen molar-refractivity contribution in [1.82, 2.24) is 14.6 Å². The largest absolute Gasteiger partial charge is 0.438 e. The fourth-order valence-corrected chi connectivity index (χ4v) is 4.27. The Morgan fingerprint density at radius 3 is 2.61 bits per heavy atom. The molecule has 2 amide bonds. The highest BCUT2D eigenvalue weighted by Gasteiger charge is 2.13. The van der Waals surface area contributed by atoms with Crippen LogP contribution in [0, 0.1) is 13.8 Å². The van der Waals surface area contributed by atoms with Gasteiger partial charge in [-0.25, -0.2) is 9.50 Å². The zero-order valence-electron chi connectivity index (χ0n) is 19.4. The van der Waals surface area contributed by atoms with Gasteiger partial charge in [-0.15, -0.1) is 16.4 Å². The molecule has 5 rings (SSSR count). The first-order valence-corrected chi connectivity index (χ1v) is 12.1. The average Bonchev–Trinajstić information content (AvgIpc) is 3.45. The molecule has 8 nitrogen and oxygen atoms in total. The van der Waals surface area contributed by atoms with Crippen molar-refractivity contribution in [1.29, 1.82) is 0 Å². The number of thiophene rings is 1. The van der Waals surface area contributed by atoms with Crippen LogP contribution >= 0.6 is 22.9 Å². The van der Waals surface area contributed by atoms with Gasteiger partial charge in [-0.05, 0) is 66.8 Å². The van der Waals surface area contributed by atoms with Crippen molar-refractivity contribution in [3.05, 3.63) is 99.3 Å². The SMILES string of the molecule is Cc1cccc(Cl)c1.Cc1ccsc1C(=O)Nc1cn2nc(Oc3cccc(NC=O)c3)ccc2n1. The number of fused-ring (bicyclic) bond motifs is 1. The topological polar surface area (TPSA) is 97.6 Å². The number of anilines is 2. The maximum Gasteiger partial charge on any atom is 0.267 e. The number of carbonyl (C=O) groups excluding carboxylic acids is 2. The molecule has 0 atom stereocenters. The molecule has 2 N–H and O–H groups in total. The van der Waals surface area contributed by atoms with Gasteiger partial charge in [0.25, 0.3) is 5.91 Å². The molecule has 0 unspecified atom stereocenters. The Morgan fingerprint density at radius 1 is 1.08 bits per heavy atom. The smallest absolute Gasteiger partial charge is 0.267 e. The van der Waals surface area contributed by atoms with E-state index in [4.69, 9.17) is 16.3 Å². The van der Waals surface area contributed by atoms with Crippen molar-refractivity contribution < 1.29 is 14.3 Å². The first kappa shape index (κ1) is 24.9. The molecule has 0 radical (unpaired) electrons. The number of benzene rings is 2. The molecule has 3 heterocycles. The lowest BCUT2D eigenvalue weighted by Gasteiger charge is -2.06. The summed E-state index contributed by atoms with van der Waals surface area (Å²) < 4.78 is 7.26. The lowest BCUT2D eigenvalue weighted by molar-refractivity contribution is -0.105. The number of ether oxygens (including phenoxy) is 1. The zero-order chi connectivity index (χ0) is 25.5. The van der Waals surface area contributed by atoms with E-state index in [1.54, 1.807) is 42.6 Å². The number of carbonyl (C=O) groups is 2. The van der Waals surface area contributed by atoms with Crippen LogP contribution in [0.15, 0.2) is 78.3 Å². The molecule has 0 saturated heterocycles. The summed E-state index contributed by atoms with van der Waals surface area (Å²) >= 11 is 7.03. The van der Waals surface area contributed by atoms with E-state index in [1.165, 1.54) is 21.4 Å². The Hall–Kier alpha value is -4.21. The second-order valence-electron chi connectivity index (χ2n) is 7.68. The Bertz CT molecular complexity index is 1500. The maximum absolute atomic E-state index is 12.3. The molecule has 36 heavy (non-hydrogen) atoms. The van der Waals surface area contributed by atoms with Crippen molar-refractivity contribution in [3.63, 3.8) is 0 Å². The number of rotatable bonds is 6. The number of amides is 2. The van der Waals surface area contributed by atoms with Crippen molar-refractivity contribution in [2.45, 2.75) is 13.8 Å². The average molecular weight is 520 g/mol. The van der Waals surface area contributed by atoms with E-state index in [0.29, 0.717) is 40.1 Å². The molecular weight excluding hydrogens is 498 g/mol. The molecule has 0 saturated carbocycles. The molecular formula is C26H22ClN5O3S. The van der Waals surface area contributed by atoms with Crippen LogP contribution in [0.2, 0.25) is 5.02 Å². The van der Waals surface area contributed by atoms with Crippen molar-refractivity contribution >= 4 is 52.4 Å². The Balaban J connectivity index is 0.000000325. The van der Waals surface area contributed by atoms with Gasteiger partial charge in [-0.2, -0.15) is 0 Å². The highest BCUT2D eigenvalue weighted by Crippen LogP contribution is 2.23. The Morgan fingerprint density at radius 2 is 1.92 bits per heavy atom. The van der Waals surface area contributed by atoms with Crippen LogP contribution in [0.4, 0.5) is 11.5 Å². The molecule has 0 aliphatic carbocycles. The van der Waals surface area contributed by atoms with Gasteiger partial charge in [0.1, 0.15) is 5.75 Å². The van der Waals surface area contributed by atoms with E-state index in [0.717, 1.165) is 10.6 Å². The van der Waals surface area contributed by atoms with E-state index < -0.39 is 0 Å². The molecule has 2 aromatic carbocycles. The summed E-state index contributed by atoms with van der Waals surface area (Å²) in [5.41, 5.74) is 3.32. The van der Waals surface area contributed by atoms with Crippen LogP contribution in [0.1, 0.15) is 20.8 Å².